The lowest BCUT2D eigenvalue weighted by molar-refractivity contribution is -0.147. The van der Waals surface area contributed by atoms with Gasteiger partial charge in [-0.15, -0.1) is 0 Å². The van der Waals surface area contributed by atoms with E-state index >= 15 is 0 Å². The van der Waals surface area contributed by atoms with Crippen LogP contribution in [0, 0.1) is 5.92 Å². The minimum absolute atomic E-state index is 0.0479. The van der Waals surface area contributed by atoms with E-state index in [1.807, 2.05) is 0 Å². The van der Waals surface area contributed by atoms with Crippen LogP contribution in [0.25, 0.3) is 0 Å². The number of nitrogens with zero attached hydrogens (tertiary/aromatic N) is 1. The van der Waals surface area contributed by atoms with Crippen LogP contribution < -0.4 is 4.74 Å². The molecule has 1 fully saturated rings. The van der Waals surface area contributed by atoms with Gasteiger partial charge in [-0.25, -0.2) is 0 Å². The van der Waals surface area contributed by atoms with E-state index in [-0.39, 0.29) is 11.9 Å². The van der Waals surface area contributed by atoms with Crippen LogP contribution in [0.5, 0.6) is 5.75 Å². The number of ether oxygens (including phenoxy) is 2. The van der Waals surface area contributed by atoms with Crippen molar-refractivity contribution in [3.8, 4) is 5.75 Å². The third-order valence-electron chi connectivity index (χ3n) is 4.59. The largest absolute Gasteiger partial charge is 0.493 e. The Bertz CT molecular complexity index is 507. The summed E-state index contributed by atoms with van der Waals surface area (Å²) in [6, 6.07) is 6.55. The molecule has 4 heteroatoms. The average Bonchev–Trinajstić information content (AvgIpc) is 3.00. The first-order valence-corrected chi connectivity index (χ1v) is 7.81. The van der Waals surface area contributed by atoms with E-state index in [1.165, 1.54) is 18.2 Å². The molecule has 3 rings (SSSR count). The van der Waals surface area contributed by atoms with Gasteiger partial charge in [0.25, 0.3) is 0 Å². The number of piperidine rings is 1. The van der Waals surface area contributed by atoms with E-state index < -0.39 is 0 Å². The summed E-state index contributed by atoms with van der Waals surface area (Å²) in [7, 11) is 1.48. The zero-order valence-electron chi connectivity index (χ0n) is 12.6. The van der Waals surface area contributed by atoms with Gasteiger partial charge in [-0.1, -0.05) is 12.1 Å². The Morgan fingerprint density at radius 2 is 2.19 bits per heavy atom. The van der Waals surface area contributed by atoms with Crippen LogP contribution in [-0.2, 0) is 22.4 Å². The Hall–Kier alpha value is -1.55. The number of likely N-dealkylation sites (tertiary alicyclic amines) is 1. The summed E-state index contributed by atoms with van der Waals surface area (Å²) in [5.41, 5.74) is 2.73. The zero-order chi connectivity index (χ0) is 14.7. The van der Waals surface area contributed by atoms with E-state index in [2.05, 4.69) is 23.1 Å². The molecule has 114 valence electrons. The van der Waals surface area contributed by atoms with Crippen molar-refractivity contribution in [2.45, 2.75) is 25.7 Å². The molecule has 0 N–H and O–H groups in total. The number of carbonyl (C=O) groups excluding carboxylic acids is 1. The standard InChI is InChI=1S/C17H23NO3/c1-20-17(19)14-5-9-18(10-6-14)8-4-13-2-3-16-15(12-13)7-11-21-16/h2-3,12,14H,4-11H2,1H3. The lowest BCUT2D eigenvalue weighted by Crippen LogP contribution is -2.37. The summed E-state index contributed by atoms with van der Waals surface area (Å²) in [4.78, 5) is 14.0. The number of carbonyl (C=O) groups is 1. The van der Waals surface area contributed by atoms with E-state index in [4.69, 9.17) is 9.47 Å². The molecule has 0 radical (unpaired) electrons. The Morgan fingerprint density at radius 1 is 1.38 bits per heavy atom. The molecule has 0 aromatic heterocycles. The summed E-state index contributed by atoms with van der Waals surface area (Å²) in [6.45, 7) is 3.87. The molecule has 2 aliphatic heterocycles. The second-order valence-electron chi connectivity index (χ2n) is 5.93. The maximum absolute atomic E-state index is 11.5. The third-order valence-corrected chi connectivity index (χ3v) is 4.59. The smallest absolute Gasteiger partial charge is 0.308 e. The maximum atomic E-state index is 11.5. The van der Waals surface area contributed by atoms with Gasteiger partial charge in [-0.2, -0.15) is 0 Å². The first-order valence-electron chi connectivity index (χ1n) is 7.81. The van der Waals surface area contributed by atoms with Gasteiger partial charge in [0.15, 0.2) is 0 Å². The highest BCUT2D eigenvalue weighted by Gasteiger charge is 2.25. The van der Waals surface area contributed by atoms with Crippen molar-refractivity contribution in [3.63, 3.8) is 0 Å². The van der Waals surface area contributed by atoms with Gasteiger partial charge in [0.2, 0.25) is 0 Å². The van der Waals surface area contributed by atoms with E-state index in [0.717, 1.165) is 57.7 Å². The summed E-state index contributed by atoms with van der Waals surface area (Å²) in [6.07, 6.45) is 3.94. The van der Waals surface area contributed by atoms with Crippen molar-refractivity contribution < 1.29 is 14.3 Å². The number of methoxy groups -OCH3 is 1. The Morgan fingerprint density at radius 3 is 2.95 bits per heavy atom. The Labute approximate surface area is 126 Å². The molecule has 0 unspecified atom stereocenters. The summed E-state index contributed by atoms with van der Waals surface area (Å²) in [5.74, 6) is 1.11. The number of hydrogen-bond acceptors (Lipinski definition) is 4. The molecule has 2 aliphatic rings. The third kappa shape index (κ3) is 3.38. The summed E-state index contributed by atoms with van der Waals surface area (Å²) in [5, 5.41) is 0. The van der Waals surface area contributed by atoms with Crippen LogP contribution in [0.4, 0.5) is 0 Å². The topological polar surface area (TPSA) is 38.8 Å². The molecule has 21 heavy (non-hydrogen) atoms. The van der Waals surface area contributed by atoms with Crippen molar-refractivity contribution in [2.24, 2.45) is 5.92 Å². The second kappa shape index (κ2) is 6.48. The zero-order valence-corrected chi connectivity index (χ0v) is 12.6. The lowest BCUT2D eigenvalue weighted by Gasteiger charge is -2.30. The molecule has 0 atom stereocenters. The second-order valence-corrected chi connectivity index (χ2v) is 5.93. The molecule has 0 amide bonds. The first-order chi connectivity index (χ1) is 10.3. The van der Waals surface area contributed by atoms with Gasteiger partial charge in [0, 0.05) is 13.0 Å². The van der Waals surface area contributed by atoms with E-state index in [0.29, 0.717) is 0 Å². The van der Waals surface area contributed by atoms with Crippen LogP contribution >= 0.6 is 0 Å². The van der Waals surface area contributed by atoms with Gasteiger partial charge < -0.3 is 14.4 Å². The molecule has 1 aromatic carbocycles. The Kier molecular flexibility index (Phi) is 4.44. The summed E-state index contributed by atoms with van der Waals surface area (Å²) < 4.78 is 10.4. The van der Waals surface area contributed by atoms with Crippen molar-refractivity contribution in [1.29, 1.82) is 0 Å². The predicted molar refractivity (Wildman–Crippen MR) is 80.5 cm³/mol. The van der Waals surface area contributed by atoms with Crippen LogP contribution in [0.3, 0.4) is 0 Å². The van der Waals surface area contributed by atoms with Gasteiger partial charge >= 0.3 is 5.97 Å². The molecular formula is C17H23NO3. The molecule has 4 nitrogen and oxygen atoms in total. The van der Waals surface area contributed by atoms with E-state index in [1.54, 1.807) is 0 Å². The quantitative estimate of drug-likeness (QED) is 0.795. The first kappa shape index (κ1) is 14.4. The Balaban J connectivity index is 1.47. The fraction of sp³-hybridized carbons (Fsp3) is 0.588. The average molecular weight is 289 g/mol. The number of benzene rings is 1. The number of fused-ring (bicyclic) bond motifs is 1. The fourth-order valence-corrected chi connectivity index (χ4v) is 3.24. The lowest BCUT2D eigenvalue weighted by atomic mass is 9.96. The SMILES string of the molecule is COC(=O)C1CCN(CCc2ccc3c(c2)CCO3)CC1. The maximum Gasteiger partial charge on any atom is 0.308 e. The number of esters is 1. The molecule has 0 spiro atoms. The van der Waals surface area contributed by atoms with Crippen molar-refractivity contribution in [3.05, 3.63) is 29.3 Å². The van der Waals surface area contributed by atoms with Crippen molar-refractivity contribution in [2.75, 3.05) is 33.4 Å². The highest BCUT2D eigenvalue weighted by molar-refractivity contribution is 5.72. The van der Waals surface area contributed by atoms with E-state index in [9.17, 15) is 4.79 Å². The fourth-order valence-electron chi connectivity index (χ4n) is 3.24. The predicted octanol–water partition coefficient (Wildman–Crippen LogP) is 2.05. The monoisotopic (exact) mass is 289 g/mol. The molecule has 0 aliphatic carbocycles. The van der Waals surface area contributed by atoms with Gasteiger partial charge in [-0.3, -0.25) is 4.79 Å². The van der Waals surface area contributed by atoms with Crippen LogP contribution in [-0.4, -0.2) is 44.2 Å². The number of hydrogen-bond donors (Lipinski definition) is 0. The molecule has 1 aromatic rings. The number of rotatable bonds is 4. The van der Waals surface area contributed by atoms with Crippen LogP contribution in [0.15, 0.2) is 18.2 Å². The van der Waals surface area contributed by atoms with Crippen molar-refractivity contribution >= 4 is 5.97 Å². The molecule has 1 saturated heterocycles. The van der Waals surface area contributed by atoms with Gasteiger partial charge in [0.05, 0.1) is 19.6 Å². The highest BCUT2D eigenvalue weighted by atomic mass is 16.5. The van der Waals surface area contributed by atoms with Crippen molar-refractivity contribution in [1.82, 2.24) is 4.90 Å². The molecular weight excluding hydrogens is 266 g/mol. The summed E-state index contributed by atoms with van der Waals surface area (Å²) >= 11 is 0. The molecule has 0 saturated carbocycles. The minimum atomic E-state index is -0.0479. The molecule has 2 heterocycles. The minimum Gasteiger partial charge on any atom is -0.493 e. The van der Waals surface area contributed by atoms with Crippen LogP contribution in [0.2, 0.25) is 0 Å². The van der Waals surface area contributed by atoms with Gasteiger partial charge in [-0.05, 0) is 49.5 Å². The normalized spacial score (nSPS) is 19.1. The molecule has 0 bridgehead atoms. The highest BCUT2D eigenvalue weighted by Crippen LogP contribution is 2.26. The van der Waals surface area contributed by atoms with Crippen LogP contribution in [0.1, 0.15) is 24.0 Å². The van der Waals surface area contributed by atoms with Gasteiger partial charge in [0.1, 0.15) is 5.75 Å².